The smallest absolute Gasteiger partial charge is 0.295 e. The number of carbonyl (C=O) groups is 2. The molecule has 0 saturated carbocycles. The summed E-state index contributed by atoms with van der Waals surface area (Å²) in [5.41, 5.74) is 2.32. The Bertz CT molecular complexity index is 829. The number of phenolic OH excluding ortho intramolecular Hbond substituents is 1. The van der Waals surface area contributed by atoms with E-state index in [-0.39, 0.29) is 11.2 Å². The third-order valence-electron chi connectivity index (χ3n) is 5.00. The first-order valence-electron chi connectivity index (χ1n) is 9.24. The Labute approximate surface area is 160 Å². The highest BCUT2D eigenvalue weighted by molar-refractivity contribution is 6.42. The van der Waals surface area contributed by atoms with Crippen molar-refractivity contribution < 1.29 is 14.7 Å². The number of para-hydroxylation sites is 2. The fraction of sp³-hybridized carbons (Fsp3) is 0.364. The largest absolute Gasteiger partial charge is 0.506 e. The number of anilines is 1. The number of nitrogens with zero attached hydrogens (tertiary/aromatic N) is 2. The lowest BCUT2D eigenvalue weighted by molar-refractivity contribution is -0.126. The predicted octanol–water partition coefficient (Wildman–Crippen LogP) is 3.22. The van der Waals surface area contributed by atoms with Crippen molar-refractivity contribution in [1.82, 2.24) is 4.90 Å². The molecule has 142 valence electrons. The van der Waals surface area contributed by atoms with Gasteiger partial charge in [-0.05, 0) is 23.1 Å². The lowest BCUT2D eigenvalue weighted by Crippen LogP contribution is -2.50. The van der Waals surface area contributed by atoms with Gasteiger partial charge in [0, 0.05) is 31.7 Å². The Morgan fingerprint density at radius 1 is 0.889 bits per heavy atom. The topological polar surface area (TPSA) is 60.9 Å². The van der Waals surface area contributed by atoms with E-state index in [0.717, 1.165) is 11.3 Å². The van der Waals surface area contributed by atoms with Crippen LogP contribution in [0.25, 0.3) is 0 Å². The van der Waals surface area contributed by atoms with Gasteiger partial charge in [-0.2, -0.15) is 0 Å². The average molecular weight is 366 g/mol. The van der Waals surface area contributed by atoms with Crippen molar-refractivity contribution in [3.05, 3.63) is 59.7 Å². The molecule has 1 aliphatic heterocycles. The number of Topliss-reactive ketones (excluding diaryl/α,β-unsaturated/α-hetero) is 1. The van der Waals surface area contributed by atoms with Gasteiger partial charge in [-0.25, -0.2) is 0 Å². The Balaban J connectivity index is 1.63. The summed E-state index contributed by atoms with van der Waals surface area (Å²) < 4.78 is 0. The molecule has 0 atom stereocenters. The van der Waals surface area contributed by atoms with E-state index in [1.165, 1.54) is 0 Å². The lowest BCUT2D eigenvalue weighted by Gasteiger charge is -2.36. The summed E-state index contributed by atoms with van der Waals surface area (Å²) in [6, 6.07) is 14.5. The highest BCUT2D eigenvalue weighted by Crippen LogP contribution is 2.27. The molecule has 27 heavy (non-hydrogen) atoms. The van der Waals surface area contributed by atoms with Gasteiger partial charge in [0.25, 0.3) is 5.91 Å². The molecule has 5 nitrogen and oxygen atoms in total. The molecule has 1 heterocycles. The summed E-state index contributed by atoms with van der Waals surface area (Å²) in [5, 5.41) is 9.98. The number of benzene rings is 2. The molecule has 0 spiro atoms. The quantitative estimate of drug-likeness (QED) is 0.669. The molecule has 0 bridgehead atoms. The van der Waals surface area contributed by atoms with Gasteiger partial charge < -0.3 is 14.9 Å². The van der Waals surface area contributed by atoms with Gasteiger partial charge in [-0.15, -0.1) is 0 Å². The van der Waals surface area contributed by atoms with Crippen LogP contribution in [0.15, 0.2) is 48.5 Å². The van der Waals surface area contributed by atoms with Crippen LogP contribution in [-0.2, 0) is 10.2 Å². The minimum atomic E-state index is -0.466. The van der Waals surface area contributed by atoms with E-state index in [1.807, 2.05) is 29.2 Å². The van der Waals surface area contributed by atoms with Gasteiger partial charge >= 0.3 is 0 Å². The summed E-state index contributed by atoms with van der Waals surface area (Å²) in [4.78, 5) is 28.8. The van der Waals surface area contributed by atoms with Crippen LogP contribution < -0.4 is 4.90 Å². The van der Waals surface area contributed by atoms with E-state index in [4.69, 9.17) is 0 Å². The van der Waals surface area contributed by atoms with E-state index < -0.39 is 11.7 Å². The van der Waals surface area contributed by atoms with Crippen molar-refractivity contribution in [2.75, 3.05) is 31.1 Å². The monoisotopic (exact) mass is 366 g/mol. The Kier molecular flexibility index (Phi) is 5.22. The number of rotatable bonds is 3. The maximum atomic E-state index is 12.6. The van der Waals surface area contributed by atoms with Gasteiger partial charge in [-0.3, -0.25) is 9.59 Å². The van der Waals surface area contributed by atoms with Crippen molar-refractivity contribution in [2.45, 2.75) is 26.2 Å². The Morgan fingerprint density at radius 3 is 2.04 bits per heavy atom. The van der Waals surface area contributed by atoms with Crippen LogP contribution in [0.5, 0.6) is 5.75 Å². The zero-order valence-electron chi connectivity index (χ0n) is 16.1. The van der Waals surface area contributed by atoms with Crippen LogP contribution in [0.2, 0.25) is 0 Å². The zero-order chi connectivity index (χ0) is 19.6. The van der Waals surface area contributed by atoms with Gasteiger partial charge in [0.2, 0.25) is 5.78 Å². The molecule has 2 aromatic carbocycles. The minimum Gasteiger partial charge on any atom is -0.506 e. The van der Waals surface area contributed by atoms with Crippen molar-refractivity contribution in [3.8, 4) is 5.75 Å². The van der Waals surface area contributed by atoms with Crippen molar-refractivity contribution in [1.29, 1.82) is 0 Å². The first kappa shape index (κ1) is 19.0. The number of aromatic hydroxyl groups is 1. The third-order valence-corrected chi connectivity index (χ3v) is 5.00. The number of carbonyl (C=O) groups excluding carboxylic acids is 2. The highest BCUT2D eigenvalue weighted by atomic mass is 16.3. The zero-order valence-corrected chi connectivity index (χ0v) is 16.1. The summed E-state index contributed by atoms with van der Waals surface area (Å²) in [7, 11) is 0. The molecule has 0 unspecified atom stereocenters. The van der Waals surface area contributed by atoms with Gasteiger partial charge in [0.1, 0.15) is 5.75 Å². The molecule has 3 rings (SSSR count). The Morgan fingerprint density at radius 2 is 1.48 bits per heavy atom. The van der Waals surface area contributed by atoms with Gasteiger partial charge in [0.05, 0.1) is 5.69 Å². The second-order valence-electron chi connectivity index (χ2n) is 7.92. The number of hydrogen-bond acceptors (Lipinski definition) is 4. The fourth-order valence-electron chi connectivity index (χ4n) is 3.27. The predicted molar refractivity (Wildman–Crippen MR) is 106 cm³/mol. The molecule has 1 N–H and O–H groups in total. The standard InChI is InChI=1S/C22H26N2O3/c1-22(2,3)17-10-8-16(9-11-17)20(26)21(27)24-14-12-23(13-15-24)18-6-4-5-7-19(18)25/h4-11,25H,12-15H2,1-3H3. The summed E-state index contributed by atoms with van der Waals surface area (Å²) in [6.07, 6.45) is 0. The van der Waals surface area contributed by atoms with Crippen molar-refractivity contribution in [2.24, 2.45) is 0 Å². The first-order chi connectivity index (χ1) is 12.8. The molecule has 1 fully saturated rings. The SMILES string of the molecule is CC(C)(C)c1ccc(C(=O)C(=O)N2CCN(c3ccccc3O)CC2)cc1. The van der Waals surface area contributed by atoms with Crippen LogP contribution in [0, 0.1) is 0 Å². The molecule has 1 aliphatic rings. The van der Waals surface area contributed by atoms with Crippen molar-refractivity contribution in [3.63, 3.8) is 0 Å². The highest BCUT2D eigenvalue weighted by Gasteiger charge is 2.27. The van der Waals surface area contributed by atoms with Crippen LogP contribution in [0.4, 0.5) is 5.69 Å². The van der Waals surface area contributed by atoms with E-state index in [0.29, 0.717) is 31.7 Å². The average Bonchev–Trinajstić information content (AvgIpc) is 2.67. The van der Waals surface area contributed by atoms with E-state index >= 15 is 0 Å². The molecule has 1 saturated heterocycles. The Hall–Kier alpha value is -2.82. The normalized spacial score (nSPS) is 14.9. The minimum absolute atomic E-state index is 0.00487. The number of amides is 1. The second kappa shape index (κ2) is 7.43. The molecule has 0 aliphatic carbocycles. The van der Waals surface area contributed by atoms with Crippen molar-refractivity contribution >= 4 is 17.4 Å². The van der Waals surface area contributed by atoms with Crippen LogP contribution in [-0.4, -0.2) is 47.9 Å². The van der Waals surface area contributed by atoms with Crippen LogP contribution >= 0.6 is 0 Å². The van der Waals surface area contributed by atoms with E-state index in [9.17, 15) is 14.7 Å². The van der Waals surface area contributed by atoms with E-state index in [1.54, 1.807) is 29.2 Å². The van der Waals surface area contributed by atoms with Gasteiger partial charge in [-0.1, -0.05) is 57.2 Å². The van der Waals surface area contributed by atoms with Crippen LogP contribution in [0.3, 0.4) is 0 Å². The number of hydrogen-bond donors (Lipinski definition) is 1. The molecule has 2 aromatic rings. The molecular weight excluding hydrogens is 340 g/mol. The molecule has 5 heteroatoms. The maximum absolute atomic E-state index is 12.6. The summed E-state index contributed by atoms with van der Waals surface area (Å²) in [6.45, 7) is 8.41. The molecule has 1 amide bonds. The third kappa shape index (κ3) is 4.13. The number of piperazine rings is 1. The number of phenols is 1. The molecule has 0 radical (unpaired) electrons. The lowest BCUT2D eigenvalue weighted by atomic mass is 9.86. The fourth-order valence-corrected chi connectivity index (χ4v) is 3.27. The maximum Gasteiger partial charge on any atom is 0.295 e. The summed E-state index contributed by atoms with van der Waals surface area (Å²) in [5.74, 6) is -0.700. The first-order valence-corrected chi connectivity index (χ1v) is 9.24. The second-order valence-corrected chi connectivity index (χ2v) is 7.92. The molecular formula is C22H26N2O3. The summed E-state index contributed by atoms with van der Waals surface area (Å²) >= 11 is 0. The van der Waals surface area contributed by atoms with Crippen LogP contribution in [0.1, 0.15) is 36.7 Å². The molecule has 0 aromatic heterocycles. The van der Waals surface area contributed by atoms with E-state index in [2.05, 4.69) is 20.8 Å². The van der Waals surface area contributed by atoms with Gasteiger partial charge in [0.15, 0.2) is 0 Å². The number of ketones is 1.